The molecule has 4 bridgehead atoms. The van der Waals surface area contributed by atoms with Crippen molar-refractivity contribution in [3.05, 3.63) is 39.7 Å². The molecule has 2 aliphatic carbocycles. The molecular weight excluding hydrogens is 596 g/mol. The second-order valence-electron chi connectivity index (χ2n) is 15.2. The van der Waals surface area contributed by atoms with Gasteiger partial charge in [0.15, 0.2) is 17.6 Å². The van der Waals surface area contributed by atoms with Crippen molar-refractivity contribution in [1.29, 1.82) is 0 Å². The Labute approximate surface area is 266 Å². The van der Waals surface area contributed by atoms with Crippen molar-refractivity contribution >= 4 is 34.8 Å². The van der Waals surface area contributed by atoms with Crippen LogP contribution >= 0.6 is 0 Å². The zero-order valence-electron chi connectivity index (χ0n) is 27.5. The molecule has 11 nitrogen and oxygen atoms in total. The summed E-state index contributed by atoms with van der Waals surface area (Å²) < 4.78 is 36.6. The van der Waals surface area contributed by atoms with Crippen LogP contribution in [0.2, 0.25) is 0 Å². The van der Waals surface area contributed by atoms with Crippen molar-refractivity contribution in [3.63, 3.8) is 0 Å². The standard InChI is InChI=1S/C35H40O11/c1-9-18-16-20(36)19-10-11-21-22(24(19)42-18)25(44-29(40)35-15-13-33(8,27(38)46-35)31(35,5)6)23(17(2)41-21)43-28(39)34-14-12-32(7,26(37)45-34)30(34,3)4/h10-11,16-17,23,25H,9,12-15H2,1-8H3/t17-,23-,25+,32?,33?,34?,35?/m0/s1. The summed E-state index contributed by atoms with van der Waals surface area (Å²) >= 11 is 0. The van der Waals surface area contributed by atoms with Crippen LogP contribution in [0.25, 0.3) is 11.0 Å². The smallest absolute Gasteiger partial charge is 0.351 e. The fourth-order valence-electron chi connectivity index (χ4n) is 8.61. The van der Waals surface area contributed by atoms with E-state index in [-0.39, 0.29) is 40.6 Å². The topological polar surface area (TPSA) is 145 Å². The van der Waals surface area contributed by atoms with E-state index < -0.39 is 75.1 Å². The molecule has 3 aliphatic heterocycles. The molecule has 7 rings (SSSR count). The summed E-state index contributed by atoms with van der Waals surface area (Å²) in [4.78, 5) is 67.8. The lowest BCUT2D eigenvalue weighted by atomic mass is 9.66. The fourth-order valence-corrected chi connectivity index (χ4v) is 8.61. The minimum absolute atomic E-state index is 0.142. The van der Waals surface area contributed by atoms with Crippen LogP contribution in [-0.2, 0) is 44.5 Å². The number of hydrogen-bond donors (Lipinski definition) is 0. The molecule has 1 aromatic heterocycles. The quantitative estimate of drug-likeness (QED) is 0.327. The molecule has 4 heterocycles. The van der Waals surface area contributed by atoms with E-state index in [1.165, 1.54) is 6.07 Å². The van der Waals surface area contributed by atoms with Crippen molar-refractivity contribution < 1.29 is 47.3 Å². The first kappa shape index (κ1) is 30.7. The molecule has 2 aromatic rings. The number of carbonyl (C=O) groups is 4. The Bertz CT molecular complexity index is 1800. The Kier molecular flexibility index (Phi) is 6.10. The molecule has 4 unspecified atom stereocenters. The zero-order valence-corrected chi connectivity index (χ0v) is 27.5. The minimum Gasteiger partial charge on any atom is -0.486 e. The molecule has 0 N–H and O–H groups in total. The average Bonchev–Trinajstić information content (AvgIpc) is 3.46. The monoisotopic (exact) mass is 636 g/mol. The van der Waals surface area contributed by atoms with Gasteiger partial charge in [-0.3, -0.25) is 14.4 Å². The van der Waals surface area contributed by atoms with Gasteiger partial charge in [0.2, 0.25) is 11.2 Å². The number of aryl methyl sites for hydroxylation is 1. The molecular formula is C35H40O11. The molecule has 4 fully saturated rings. The van der Waals surface area contributed by atoms with Gasteiger partial charge in [0.05, 0.1) is 21.8 Å². The van der Waals surface area contributed by atoms with Crippen LogP contribution in [0.5, 0.6) is 5.75 Å². The molecule has 5 aliphatic rings. The van der Waals surface area contributed by atoms with Gasteiger partial charge in [-0.1, -0.05) is 34.6 Å². The van der Waals surface area contributed by atoms with E-state index in [1.54, 1.807) is 32.9 Å². The Balaban J connectivity index is 1.35. The molecule has 0 radical (unpaired) electrons. The summed E-state index contributed by atoms with van der Waals surface area (Å²) in [5, 5.41) is 0.232. The van der Waals surface area contributed by atoms with Gasteiger partial charge in [0, 0.05) is 23.3 Å². The van der Waals surface area contributed by atoms with Crippen LogP contribution in [0.4, 0.5) is 0 Å². The van der Waals surface area contributed by atoms with Crippen molar-refractivity contribution in [1.82, 2.24) is 0 Å². The highest BCUT2D eigenvalue weighted by atomic mass is 16.7. The van der Waals surface area contributed by atoms with Gasteiger partial charge < -0.3 is 28.1 Å². The third-order valence-corrected chi connectivity index (χ3v) is 13.0. The van der Waals surface area contributed by atoms with E-state index in [0.717, 1.165) is 0 Å². The molecule has 0 amide bonds. The van der Waals surface area contributed by atoms with Crippen LogP contribution in [-0.4, -0.2) is 47.3 Å². The lowest BCUT2D eigenvalue weighted by Gasteiger charge is -2.41. The van der Waals surface area contributed by atoms with Crippen LogP contribution in [0.1, 0.15) is 98.5 Å². The molecule has 46 heavy (non-hydrogen) atoms. The fraction of sp³-hybridized carbons (Fsp3) is 0.629. The molecule has 11 heteroatoms. The van der Waals surface area contributed by atoms with E-state index in [4.69, 9.17) is 28.1 Å². The number of hydrogen-bond acceptors (Lipinski definition) is 11. The van der Waals surface area contributed by atoms with E-state index >= 15 is 0 Å². The summed E-state index contributed by atoms with van der Waals surface area (Å²) in [7, 11) is 0. The Morgan fingerprint density at radius 2 is 1.37 bits per heavy atom. The number of carbonyl (C=O) groups excluding carboxylic acids is 4. The van der Waals surface area contributed by atoms with Crippen LogP contribution < -0.4 is 10.2 Å². The minimum atomic E-state index is -1.58. The summed E-state index contributed by atoms with van der Waals surface area (Å²) in [6, 6.07) is 4.59. The Morgan fingerprint density at radius 1 is 0.826 bits per heavy atom. The number of ether oxygens (including phenoxy) is 5. The maximum absolute atomic E-state index is 14.4. The van der Waals surface area contributed by atoms with E-state index in [1.807, 2.05) is 34.6 Å². The zero-order chi connectivity index (χ0) is 33.4. The average molecular weight is 637 g/mol. The lowest BCUT2D eigenvalue weighted by molar-refractivity contribution is -0.209. The van der Waals surface area contributed by atoms with Crippen LogP contribution in [0, 0.1) is 21.7 Å². The summed E-state index contributed by atoms with van der Waals surface area (Å²) in [6.07, 6.45) is -1.58. The largest absolute Gasteiger partial charge is 0.486 e. The first-order chi connectivity index (χ1) is 21.4. The highest BCUT2D eigenvalue weighted by Crippen LogP contribution is 2.67. The van der Waals surface area contributed by atoms with Crippen molar-refractivity contribution in [2.24, 2.45) is 21.7 Å². The highest BCUT2D eigenvalue weighted by molar-refractivity contribution is 5.95. The Hall–Kier alpha value is -3.89. The predicted molar refractivity (Wildman–Crippen MR) is 161 cm³/mol. The molecule has 1 aromatic carbocycles. The maximum Gasteiger partial charge on any atom is 0.351 e. The SMILES string of the molecule is CCc1cc(=O)c2ccc3c(c2o1)[C@@H](OC(=O)C12CCC(C)(C(=O)O1)C2(C)C)[C@@H](OC(=O)C12CCC(C)(C(=O)O1)C2(C)C)[C@H](C)O3. The van der Waals surface area contributed by atoms with Gasteiger partial charge in [0.25, 0.3) is 0 Å². The summed E-state index contributed by atoms with van der Waals surface area (Å²) in [6.45, 7) is 14.4. The van der Waals surface area contributed by atoms with Gasteiger partial charge in [-0.2, -0.15) is 0 Å². The van der Waals surface area contributed by atoms with Gasteiger partial charge >= 0.3 is 23.9 Å². The third kappa shape index (κ3) is 3.36. The number of fused-ring (bicyclic) bond motifs is 7. The predicted octanol–water partition coefficient (Wildman–Crippen LogP) is 4.88. The number of rotatable bonds is 5. The first-order valence-electron chi connectivity index (χ1n) is 16.1. The third-order valence-electron chi connectivity index (χ3n) is 13.0. The molecule has 7 atom stereocenters. The van der Waals surface area contributed by atoms with Crippen LogP contribution in [0.3, 0.4) is 0 Å². The Morgan fingerprint density at radius 3 is 1.85 bits per heavy atom. The summed E-state index contributed by atoms with van der Waals surface area (Å²) in [5.41, 5.74) is -6.61. The second-order valence-corrected chi connectivity index (χ2v) is 15.2. The molecule has 0 spiro atoms. The molecule has 2 saturated carbocycles. The van der Waals surface area contributed by atoms with E-state index in [2.05, 4.69) is 0 Å². The van der Waals surface area contributed by atoms with Gasteiger partial charge in [-0.25, -0.2) is 9.59 Å². The van der Waals surface area contributed by atoms with Gasteiger partial charge in [-0.05, 0) is 58.6 Å². The van der Waals surface area contributed by atoms with E-state index in [0.29, 0.717) is 25.0 Å². The number of esters is 4. The normalized spacial score (nSPS) is 37.8. The molecule has 2 saturated heterocycles. The summed E-state index contributed by atoms with van der Waals surface area (Å²) in [5.74, 6) is -1.80. The van der Waals surface area contributed by atoms with Gasteiger partial charge in [-0.15, -0.1) is 0 Å². The first-order valence-corrected chi connectivity index (χ1v) is 16.1. The molecule has 246 valence electrons. The highest BCUT2D eigenvalue weighted by Gasteiger charge is 2.78. The second kappa shape index (κ2) is 9.13. The number of benzene rings is 1. The van der Waals surface area contributed by atoms with E-state index in [9.17, 15) is 24.0 Å². The van der Waals surface area contributed by atoms with Crippen molar-refractivity contribution in [3.8, 4) is 5.75 Å². The van der Waals surface area contributed by atoms with Crippen LogP contribution in [0.15, 0.2) is 27.4 Å². The maximum atomic E-state index is 14.4. The van der Waals surface area contributed by atoms with Crippen molar-refractivity contribution in [2.75, 3.05) is 0 Å². The lowest BCUT2D eigenvalue weighted by Crippen LogP contribution is -2.54. The van der Waals surface area contributed by atoms with Gasteiger partial charge in [0.1, 0.15) is 23.2 Å². The van der Waals surface area contributed by atoms with Crippen molar-refractivity contribution in [2.45, 2.75) is 117 Å².